The van der Waals surface area contributed by atoms with Crippen LogP contribution < -0.4 is 15.9 Å². The smallest absolute Gasteiger partial charge is 0.408 e. The third-order valence-electron chi connectivity index (χ3n) is 9.25. The monoisotopic (exact) mass is 686 g/mol. The number of hydrogen-bond acceptors (Lipinski definition) is 6. The number of rotatable bonds is 14. The van der Waals surface area contributed by atoms with E-state index in [-0.39, 0.29) is 17.6 Å². The highest BCUT2D eigenvalue weighted by molar-refractivity contribution is 7.97. The van der Waals surface area contributed by atoms with Crippen molar-refractivity contribution in [3.63, 3.8) is 0 Å². The van der Waals surface area contributed by atoms with Gasteiger partial charge in [-0.05, 0) is 53.2 Å². The zero-order valence-electron chi connectivity index (χ0n) is 28.9. The van der Waals surface area contributed by atoms with Gasteiger partial charge < -0.3 is 9.52 Å². The molecule has 0 aliphatic rings. The number of carbonyl (C=O) groups excluding carboxylic acids is 1. The fourth-order valence-corrected chi connectivity index (χ4v) is 11.1. The van der Waals surface area contributed by atoms with Crippen molar-refractivity contribution in [2.24, 2.45) is 5.41 Å². The van der Waals surface area contributed by atoms with Crippen molar-refractivity contribution in [3.8, 4) is 17.5 Å². The van der Waals surface area contributed by atoms with Gasteiger partial charge in [0.2, 0.25) is 11.8 Å². The van der Waals surface area contributed by atoms with Gasteiger partial charge in [-0.2, -0.15) is 5.26 Å². The SMILES string of the molecule is CCCC(C)(C)[C@@H](C(=O)C(C#N)=P(c1ccccc1)(c1ccccc1)c1ccccc1)N(C(=O)O)[C@H](CC)Cc1nnc(-c2ccccc2)o1. The molecule has 1 N–H and O–H groups in total. The number of benzene rings is 4. The Bertz CT molecular complexity index is 1880. The summed E-state index contributed by atoms with van der Waals surface area (Å²) < 4.78 is 6.02. The molecule has 2 atom stereocenters. The van der Waals surface area contributed by atoms with E-state index in [1.165, 1.54) is 4.90 Å². The van der Waals surface area contributed by atoms with E-state index in [1.807, 2.05) is 149 Å². The normalized spacial score (nSPS) is 12.8. The van der Waals surface area contributed by atoms with Crippen LogP contribution in [0.1, 0.15) is 52.8 Å². The molecule has 5 aromatic rings. The molecule has 0 saturated carbocycles. The molecule has 1 heterocycles. The first-order valence-corrected chi connectivity index (χ1v) is 18.7. The first-order valence-electron chi connectivity index (χ1n) is 17.0. The number of hydrogen-bond donors (Lipinski definition) is 1. The van der Waals surface area contributed by atoms with Crippen LogP contribution in [0.15, 0.2) is 126 Å². The predicted octanol–water partition coefficient (Wildman–Crippen LogP) is 7.49. The van der Waals surface area contributed by atoms with E-state index in [2.05, 4.69) is 16.3 Å². The molecule has 8 nitrogen and oxygen atoms in total. The summed E-state index contributed by atoms with van der Waals surface area (Å²) in [4.78, 5) is 30.4. The lowest BCUT2D eigenvalue weighted by atomic mass is 9.76. The largest absolute Gasteiger partial charge is 0.465 e. The summed E-state index contributed by atoms with van der Waals surface area (Å²) in [5.74, 6) is 0.109. The fourth-order valence-electron chi connectivity index (χ4n) is 7.00. The van der Waals surface area contributed by atoms with Gasteiger partial charge in [-0.25, -0.2) is 4.79 Å². The average Bonchev–Trinajstić information content (AvgIpc) is 3.61. The molecule has 0 bridgehead atoms. The predicted molar refractivity (Wildman–Crippen MR) is 201 cm³/mol. The molecule has 0 aliphatic carbocycles. The summed E-state index contributed by atoms with van der Waals surface area (Å²) in [6.07, 6.45) is 0.493. The molecule has 1 amide bonds. The number of ketones is 1. The number of aromatic nitrogens is 2. The maximum absolute atomic E-state index is 15.6. The number of nitrogens with zero attached hydrogens (tertiary/aromatic N) is 4. The van der Waals surface area contributed by atoms with Crippen LogP contribution in [-0.2, 0) is 11.2 Å². The Morgan fingerprint density at radius 3 is 1.72 bits per heavy atom. The Morgan fingerprint density at radius 2 is 1.30 bits per heavy atom. The first kappa shape index (κ1) is 36.0. The molecule has 0 fully saturated rings. The van der Waals surface area contributed by atoms with Gasteiger partial charge in [-0.1, -0.05) is 143 Å². The summed E-state index contributed by atoms with van der Waals surface area (Å²) in [5.41, 5.74) is -0.0911. The van der Waals surface area contributed by atoms with Crippen LogP contribution in [0.5, 0.6) is 0 Å². The standard InChI is InChI=1S/C41H43N4O4P/c1-5-27-41(3,4)38(45(40(47)48)31(6-2)28-36-43-44-39(49-36)30-19-11-7-12-20-30)37(46)35(29-42)50(32-21-13-8-14-22-32,33-23-15-9-16-24-33)34-25-17-10-18-26-34/h7-26,31,38H,5-6,27-28H2,1-4H3,(H,47,48)/t31-,38-/m1/s1. The van der Waals surface area contributed by atoms with Crippen LogP contribution in [0.2, 0.25) is 0 Å². The van der Waals surface area contributed by atoms with Gasteiger partial charge in [0.05, 0.1) is 0 Å². The molecular formula is C41H43N4O4P. The van der Waals surface area contributed by atoms with Crippen LogP contribution >= 0.6 is 6.89 Å². The minimum absolute atomic E-state index is 0.0561. The van der Waals surface area contributed by atoms with Crippen LogP contribution in [0.25, 0.3) is 11.5 Å². The summed E-state index contributed by atoms with van der Waals surface area (Å²) >= 11 is 0. The number of carbonyl (C=O) groups is 2. The second-order valence-electron chi connectivity index (χ2n) is 13.0. The van der Waals surface area contributed by atoms with Gasteiger partial charge >= 0.3 is 6.09 Å². The maximum atomic E-state index is 15.6. The van der Waals surface area contributed by atoms with Crippen LogP contribution in [0.3, 0.4) is 0 Å². The molecule has 0 saturated heterocycles. The summed E-state index contributed by atoms with van der Waals surface area (Å²) in [6.45, 7) is 4.62. The molecule has 0 spiro atoms. The van der Waals surface area contributed by atoms with Crippen LogP contribution in [0.4, 0.5) is 4.79 Å². The Balaban J connectivity index is 1.76. The van der Waals surface area contributed by atoms with Gasteiger partial charge in [0.1, 0.15) is 17.4 Å². The second-order valence-corrected chi connectivity index (χ2v) is 16.3. The number of amides is 1. The third-order valence-corrected chi connectivity index (χ3v) is 13.5. The fraction of sp³-hybridized carbons (Fsp3) is 0.268. The zero-order chi connectivity index (χ0) is 35.7. The van der Waals surface area contributed by atoms with E-state index in [0.29, 0.717) is 25.2 Å². The molecule has 1 aromatic heterocycles. The van der Waals surface area contributed by atoms with Gasteiger partial charge in [0.15, 0.2) is 5.78 Å². The van der Waals surface area contributed by atoms with Crippen molar-refractivity contribution in [1.29, 1.82) is 5.26 Å². The lowest BCUT2D eigenvalue weighted by Gasteiger charge is -2.44. The van der Waals surface area contributed by atoms with Crippen molar-refractivity contribution in [1.82, 2.24) is 15.1 Å². The maximum Gasteiger partial charge on any atom is 0.408 e. The van der Waals surface area contributed by atoms with E-state index in [4.69, 9.17) is 4.42 Å². The van der Waals surface area contributed by atoms with E-state index in [0.717, 1.165) is 21.5 Å². The molecule has 5 rings (SSSR count). The number of carboxylic acid groups (broad SMARTS) is 1. The van der Waals surface area contributed by atoms with Crippen molar-refractivity contribution in [3.05, 3.63) is 127 Å². The molecule has 256 valence electrons. The highest BCUT2D eigenvalue weighted by Gasteiger charge is 2.47. The van der Waals surface area contributed by atoms with Crippen LogP contribution in [0, 0.1) is 16.7 Å². The lowest BCUT2D eigenvalue weighted by Crippen LogP contribution is -2.59. The minimum Gasteiger partial charge on any atom is -0.465 e. The minimum atomic E-state index is -3.12. The Kier molecular flexibility index (Phi) is 11.5. The Hall–Kier alpha value is -5.25. The number of nitriles is 1. The second kappa shape index (κ2) is 16.0. The summed E-state index contributed by atoms with van der Waals surface area (Å²) in [6, 6.07) is 38.9. The van der Waals surface area contributed by atoms with Crippen molar-refractivity contribution in [2.75, 3.05) is 0 Å². The molecule has 0 aliphatic heterocycles. The third kappa shape index (κ3) is 7.20. The first-order chi connectivity index (χ1) is 24.2. The Labute approximate surface area is 294 Å². The highest BCUT2D eigenvalue weighted by atomic mass is 31.2. The van der Waals surface area contributed by atoms with Crippen molar-refractivity contribution < 1.29 is 19.1 Å². The quantitative estimate of drug-likeness (QED) is 0.120. The van der Waals surface area contributed by atoms with E-state index in [9.17, 15) is 15.2 Å². The van der Waals surface area contributed by atoms with Crippen molar-refractivity contribution in [2.45, 2.75) is 65.5 Å². The van der Waals surface area contributed by atoms with Gasteiger partial charge in [0, 0.05) is 18.0 Å². The molecule has 0 unspecified atom stereocenters. The van der Waals surface area contributed by atoms with E-state index < -0.39 is 36.3 Å². The summed E-state index contributed by atoms with van der Waals surface area (Å²) in [7, 11) is 0. The van der Waals surface area contributed by atoms with E-state index >= 15 is 4.79 Å². The lowest BCUT2D eigenvalue weighted by molar-refractivity contribution is -0.122. The van der Waals surface area contributed by atoms with Gasteiger partial charge in [-0.3, -0.25) is 9.69 Å². The summed E-state index contributed by atoms with van der Waals surface area (Å²) in [5, 5.41) is 33.3. The molecule has 4 aromatic carbocycles. The number of Topliss-reactive ketones (excluding diaryl/α,β-unsaturated/α-hetero) is 1. The molecular weight excluding hydrogens is 643 g/mol. The van der Waals surface area contributed by atoms with Gasteiger partial charge in [-0.15, -0.1) is 10.2 Å². The topological polar surface area (TPSA) is 120 Å². The highest BCUT2D eigenvalue weighted by Crippen LogP contribution is 2.47. The molecule has 50 heavy (non-hydrogen) atoms. The zero-order valence-corrected chi connectivity index (χ0v) is 29.8. The molecule has 0 radical (unpaired) electrons. The van der Waals surface area contributed by atoms with E-state index in [1.54, 1.807) is 0 Å². The van der Waals surface area contributed by atoms with Crippen LogP contribution in [-0.4, -0.2) is 49.5 Å². The molecule has 9 heteroatoms. The van der Waals surface area contributed by atoms with Crippen molar-refractivity contribution >= 4 is 40.0 Å². The average molecular weight is 687 g/mol. The Morgan fingerprint density at radius 1 is 0.820 bits per heavy atom. The van der Waals surface area contributed by atoms with Gasteiger partial charge in [0.25, 0.3) is 0 Å².